The van der Waals surface area contributed by atoms with Crippen molar-refractivity contribution in [2.75, 3.05) is 26.2 Å². The molecule has 1 unspecified atom stereocenters. The first kappa shape index (κ1) is 19.4. The Balaban J connectivity index is 1.54. The Labute approximate surface area is 159 Å². The van der Waals surface area contributed by atoms with E-state index in [2.05, 4.69) is 17.3 Å². The highest BCUT2D eigenvalue weighted by Gasteiger charge is 2.48. The van der Waals surface area contributed by atoms with E-state index in [0.717, 1.165) is 49.5 Å². The van der Waals surface area contributed by atoms with Gasteiger partial charge in [-0.05, 0) is 59.1 Å². The summed E-state index contributed by atoms with van der Waals surface area (Å²) in [5, 5.41) is 0. The van der Waals surface area contributed by atoms with Crippen molar-refractivity contribution >= 4 is 17.1 Å². The second-order valence-corrected chi connectivity index (χ2v) is 10.2. The average Bonchev–Trinajstić information content (AvgIpc) is 2.50. The minimum absolute atomic E-state index is 0.180. The summed E-state index contributed by atoms with van der Waals surface area (Å²) < 4.78 is 20.4. The van der Waals surface area contributed by atoms with E-state index in [1.807, 2.05) is 39.8 Å². The van der Waals surface area contributed by atoms with E-state index >= 15 is 0 Å². The van der Waals surface area contributed by atoms with Crippen LogP contribution < -0.4 is 0 Å². The maximum atomic E-state index is 12.9. The Morgan fingerprint density at radius 2 is 1.77 bits per heavy atom. The Kier molecular flexibility index (Phi) is 5.19. The maximum absolute atomic E-state index is 12.9. The van der Waals surface area contributed by atoms with Crippen molar-refractivity contribution in [1.29, 1.82) is 0 Å². The lowest BCUT2D eigenvalue weighted by molar-refractivity contribution is -0.0518. The van der Waals surface area contributed by atoms with Crippen LogP contribution in [0, 0.1) is 19.3 Å². The fourth-order valence-electron chi connectivity index (χ4n) is 3.80. The second-order valence-electron chi connectivity index (χ2n) is 8.78. The molecular weight excluding hydrogens is 348 g/mol. The molecule has 2 heterocycles. The average molecular weight is 379 g/mol. The third kappa shape index (κ3) is 4.12. The first-order valence-corrected chi connectivity index (χ1v) is 10.4. The summed E-state index contributed by atoms with van der Waals surface area (Å²) in [7, 11) is -1.10. The molecule has 0 aliphatic carbocycles. The summed E-state index contributed by atoms with van der Waals surface area (Å²) in [6.07, 6.45) is 1.73. The second kappa shape index (κ2) is 6.97. The molecule has 1 aromatic rings. The number of aryl methyl sites for hydroxylation is 2. The number of piperidine rings is 1. The third-order valence-electron chi connectivity index (χ3n) is 5.24. The van der Waals surface area contributed by atoms with Crippen molar-refractivity contribution < 1.29 is 13.7 Å². The van der Waals surface area contributed by atoms with Gasteiger partial charge in [0.25, 0.3) is 0 Å². The zero-order valence-electron chi connectivity index (χ0n) is 16.5. The Morgan fingerprint density at radius 3 is 2.31 bits per heavy atom. The number of rotatable bonds is 2. The van der Waals surface area contributed by atoms with Crippen LogP contribution in [-0.4, -0.2) is 51.3 Å². The molecule has 26 heavy (non-hydrogen) atoms. The van der Waals surface area contributed by atoms with Crippen molar-refractivity contribution in [2.45, 2.75) is 58.0 Å². The predicted molar refractivity (Wildman–Crippen MR) is 103 cm³/mol. The number of carbonyl (C=O) groups is 1. The Morgan fingerprint density at radius 1 is 1.15 bits per heavy atom. The fourth-order valence-corrected chi connectivity index (χ4v) is 5.11. The van der Waals surface area contributed by atoms with Gasteiger partial charge in [-0.25, -0.2) is 13.3 Å². The van der Waals surface area contributed by atoms with Crippen molar-refractivity contribution in [3.05, 3.63) is 29.3 Å². The molecule has 1 spiro atoms. The molecule has 1 amide bonds. The largest absolute Gasteiger partial charge is 0.444 e. The van der Waals surface area contributed by atoms with Crippen molar-refractivity contribution in [3.8, 4) is 0 Å². The van der Waals surface area contributed by atoms with Crippen LogP contribution >= 0.6 is 0 Å². The molecular formula is C20H30N2O3S. The van der Waals surface area contributed by atoms with Crippen LogP contribution in [-0.2, 0) is 15.7 Å². The van der Waals surface area contributed by atoms with E-state index in [1.54, 1.807) is 4.90 Å². The Hall–Kier alpha value is -1.40. The summed E-state index contributed by atoms with van der Waals surface area (Å²) in [5.74, 6) is 0. The molecule has 1 aromatic carbocycles. The number of carbonyl (C=O) groups excluding carboxylic acids is 1. The summed E-state index contributed by atoms with van der Waals surface area (Å²) in [6.45, 7) is 12.9. The van der Waals surface area contributed by atoms with Crippen LogP contribution in [0.1, 0.15) is 44.7 Å². The van der Waals surface area contributed by atoms with E-state index in [9.17, 15) is 9.00 Å². The zero-order valence-corrected chi connectivity index (χ0v) is 17.3. The number of benzene rings is 1. The molecule has 0 bridgehead atoms. The van der Waals surface area contributed by atoms with Crippen molar-refractivity contribution in [1.82, 2.24) is 9.21 Å². The van der Waals surface area contributed by atoms with E-state index in [0.29, 0.717) is 0 Å². The zero-order chi connectivity index (χ0) is 19.1. The molecule has 0 saturated carbocycles. The minimum Gasteiger partial charge on any atom is -0.444 e. The van der Waals surface area contributed by atoms with E-state index in [1.165, 1.54) is 5.56 Å². The SMILES string of the molecule is Cc1ccc(S(=O)N2CCC3(CC2)CN(C(=O)OC(C)(C)C)C3)c(C)c1. The fraction of sp³-hybridized carbons (Fsp3) is 0.650. The van der Waals surface area contributed by atoms with Gasteiger partial charge in [0.1, 0.15) is 16.6 Å². The molecule has 2 aliphatic heterocycles. The number of nitrogens with zero attached hydrogens (tertiary/aromatic N) is 2. The molecule has 2 fully saturated rings. The summed E-state index contributed by atoms with van der Waals surface area (Å²) in [4.78, 5) is 14.8. The smallest absolute Gasteiger partial charge is 0.410 e. The molecule has 2 aliphatic rings. The van der Waals surface area contributed by atoms with Crippen LogP contribution in [0.15, 0.2) is 23.1 Å². The highest BCUT2D eigenvalue weighted by Crippen LogP contribution is 2.41. The Bertz CT molecular complexity index is 710. The lowest BCUT2D eigenvalue weighted by Crippen LogP contribution is -2.62. The first-order valence-electron chi connectivity index (χ1n) is 9.31. The highest BCUT2D eigenvalue weighted by atomic mass is 32.2. The van der Waals surface area contributed by atoms with Crippen LogP contribution in [0.25, 0.3) is 0 Å². The molecule has 144 valence electrons. The number of likely N-dealkylation sites (tertiary alicyclic amines) is 1. The van der Waals surface area contributed by atoms with Crippen molar-refractivity contribution in [2.24, 2.45) is 5.41 Å². The number of hydrogen-bond acceptors (Lipinski definition) is 3. The quantitative estimate of drug-likeness (QED) is 0.789. The van der Waals surface area contributed by atoms with Gasteiger partial charge in [0.15, 0.2) is 0 Å². The molecule has 5 nitrogen and oxygen atoms in total. The van der Waals surface area contributed by atoms with Gasteiger partial charge in [0.05, 0.1) is 4.90 Å². The molecule has 1 atom stereocenters. The normalized spacial score (nSPS) is 21.3. The number of hydrogen-bond donors (Lipinski definition) is 0. The molecule has 3 rings (SSSR count). The van der Waals surface area contributed by atoms with Crippen molar-refractivity contribution in [3.63, 3.8) is 0 Å². The highest BCUT2D eigenvalue weighted by molar-refractivity contribution is 7.82. The molecule has 0 radical (unpaired) electrons. The lowest BCUT2D eigenvalue weighted by atomic mass is 9.72. The molecule has 0 N–H and O–H groups in total. The summed E-state index contributed by atoms with van der Waals surface area (Å²) in [6, 6.07) is 6.10. The van der Waals surface area contributed by atoms with E-state index < -0.39 is 16.6 Å². The first-order chi connectivity index (χ1) is 12.1. The molecule has 2 saturated heterocycles. The summed E-state index contributed by atoms with van der Waals surface area (Å²) >= 11 is 0. The third-order valence-corrected chi connectivity index (χ3v) is 6.91. The van der Waals surface area contributed by atoms with Gasteiger partial charge in [-0.3, -0.25) is 0 Å². The van der Waals surface area contributed by atoms with Gasteiger partial charge in [0, 0.05) is 31.6 Å². The maximum Gasteiger partial charge on any atom is 0.410 e. The number of ether oxygens (including phenoxy) is 1. The number of amides is 1. The van der Waals surface area contributed by atoms with E-state index in [-0.39, 0.29) is 11.5 Å². The van der Waals surface area contributed by atoms with Crippen LogP contribution in [0.3, 0.4) is 0 Å². The monoisotopic (exact) mass is 378 g/mol. The van der Waals surface area contributed by atoms with Gasteiger partial charge in [-0.1, -0.05) is 17.7 Å². The standard InChI is InChI=1S/C20H30N2O3S/c1-15-6-7-17(16(2)12-15)26(24)22-10-8-20(9-11-22)13-21(14-20)18(23)25-19(3,4)5/h6-7,12H,8-11,13-14H2,1-5H3. The lowest BCUT2D eigenvalue weighted by Gasteiger charge is -2.53. The molecule has 6 heteroatoms. The summed E-state index contributed by atoms with van der Waals surface area (Å²) in [5.41, 5.74) is 2.01. The van der Waals surface area contributed by atoms with Gasteiger partial charge in [0.2, 0.25) is 0 Å². The van der Waals surface area contributed by atoms with Gasteiger partial charge in [-0.15, -0.1) is 0 Å². The predicted octanol–water partition coefficient (Wildman–Crippen LogP) is 3.66. The van der Waals surface area contributed by atoms with Gasteiger partial charge in [-0.2, -0.15) is 0 Å². The minimum atomic E-state index is -1.10. The molecule has 0 aromatic heterocycles. The van der Waals surface area contributed by atoms with Crippen LogP contribution in [0.4, 0.5) is 4.79 Å². The van der Waals surface area contributed by atoms with Gasteiger partial charge >= 0.3 is 6.09 Å². The van der Waals surface area contributed by atoms with Crippen LogP contribution in [0.5, 0.6) is 0 Å². The van der Waals surface area contributed by atoms with E-state index in [4.69, 9.17) is 4.74 Å². The topological polar surface area (TPSA) is 49.9 Å². The van der Waals surface area contributed by atoms with Crippen LogP contribution in [0.2, 0.25) is 0 Å². The van der Waals surface area contributed by atoms with Gasteiger partial charge < -0.3 is 9.64 Å².